The van der Waals surface area contributed by atoms with E-state index in [0.29, 0.717) is 10.9 Å². The smallest absolute Gasteiger partial charge is 0.261 e. The van der Waals surface area contributed by atoms with Crippen LogP contribution in [0.5, 0.6) is 0 Å². The number of rotatable bonds is 7. The van der Waals surface area contributed by atoms with Gasteiger partial charge in [0.05, 0.1) is 23.3 Å². The van der Waals surface area contributed by atoms with E-state index in [0.717, 1.165) is 28.6 Å². The second kappa shape index (κ2) is 9.01. The molecule has 1 fully saturated rings. The summed E-state index contributed by atoms with van der Waals surface area (Å²) in [6, 6.07) is 12.6. The Labute approximate surface area is 188 Å². The Morgan fingerprint density at radius 3 is 2.65 bits per heavy atom. The summed E-state index contributed by atoms with van der Waals surface area (Å²) in [4.78, 5) is 41.2. The van der Waals surface area contributed by atoms with Gasteiger partial charge in [0, 0.05) is 29.0 Å². The molecule has 0 bridgehead atoms. The van der Waals surface area contributed by atoms with Gasteiger partial charge < -0.3 is 10.6 Å². The molecular formula is C23H23BrN4O3. The molecule has 1 atom stereocenters. The van der Waals surface area contributed by atoms with Crippen molar-refractivity contribution in [3.8, 4) is 0 Å². The number of hydrogen-bond acceptors (Lipinski definition) is 4. The average Bonchev–Trinajstić information content (AvgIpc) is 3.60. The summed E-state index contributed by atoms with van der Waals surface area (Å²) < 4.78 is 2.26. The van der Waals surface area contributed by atoms with E-state index in [-0.39, 0.29) is 42.3 Å². The van der Waals surface area contributed by atoms with Crippen molar-refractivity contribution < 1.29 is 9.59 Å². The van der Waals surface area contributed by atoms with Crippen LogP contribution in [0.2, 0.25) is 0 Å². The highest BCUT2D eigenvalue weighted by atomic mass is 79.9. The number of fused-ring (bicyclic) bond motifs is 1. The number of halogens is 1. The van der Waals surface area contributed by atoms with Crippen molar-refractivity contribution in [1.29, 1.82) is 0 Å². The maximum absolute atomic E-state index is 12.6. The summed E-state index contributed by atoms with van der Waals surface area (Å²) in [5, 5.41) is 6.37. The number of aryl methyl sites for hydroxylation is 1. The number of benzene rings is 2. The Bertz CT molecular complexity index is 1190. The lowest BCUT2D eigenvalue weighted by Crippen LogP contribution is -2.29. The van der Waals surface area contributed by atoms with Crippen molar-refractivity contribution in [3.63, 3.8) is 0 Å². The summed E-state index contributed by atoms with van der Waals surface area (Å²) >= 11 is 3.37. The number of nitrogens with one attached hydrogen (secondary N) is 2. The van der Waals surface area contributed by atoms with Crippen molar-refractivity contribution in [2.24, 2.45) is 5.92 Å². The van der Waals surface area contributed by atoms with E-state index in [4.69, 9.17) is 0 Å². The van der Waals surface area contributed by atoms with E-state index < -0.39 is 0 Å². The molecule has 4 rings (SSSR count). The van der Waals surface area contributed by atoms with Crippen LogP contribution >= 0.6 is 15.9 Å². The topological polar surface area (TPSA) is 93.1 Å². The first-order valence-corrected chi connectivity index (χ1v) is 11.0. The first kappa shape index (κ1) is 21.2. The molecule has 0 saturated heterocycles. The van der Waals surface area contributed by atoms with Crippen LogP contribution in [0, 0.1) is 5.92 Å². The molecule has 1 heterocycles. The lowest BCUT2D eigenvalue weighted by Gasteiger charge is -2.15. The molecule has 7 nitrogen and oxygen atoms in total. The van der Waals surface area contributed by atoms with Gasteiger partial charge >= 0.3 is 0 Å². The minimum absolute atomic E-state index is 0.0693. The minimum Gasteiger partial charge on any atom is -0.350 e. The first-order chi connectivity index (χ1) is 14.9. The normalized spacial score (nSPS) is 14.3. The molecule has 2 N–H and O–H groups in total. The van der Waals surface area contributed by atoms with E-state index in [1.807, 2.05) is 37.3 Å². The van der Waals surface area contributed by atoms with Crippen molar-refractivity contribution in [1.82, 2.24) is 14.9 Å². The second-order valence-corrected chi connectivity index (χ2v) is 8.74. The number of hydrogen-bond donors (Lipinski definition) is 2. The van der Waals surface area contributed by atoms with Crippen LogP contribution in [-0.2, 0) is 16.1 Å². The molecule has 0 aliphatic heterocycles. The average molecular weight is 483 g/mol. The molecule has 2 aromatic carbocycles. The molecule has 2 amide bonds. The summed E-state index contributed by atoms with van der Waals surface area (Å²) in [5.41, 5.74) is 2.15. The number of carbonyl (C=O) groups excluding carboxylic acids is 2. The van der Waals surface area contributed by atoms with Crippen LogP contribution in [0.4, 0.5) is 5.69 Å². The first-order valence-electron chi connectivity index (χ1n) is 10.3. The van der Waals surface area contributed by atoms with E-state index in [9.17, 15) is 14.4 Å². The third kappa shape index (κ3) is 5.19. The molecule has 31 heavy (non-hydrogen) atoms. The maximum Gasteiger partial charge on any atom is 0.261 e. The van der Waals surface area contributed by atoms with Crippen LogP contribution in [0.3, 0.4) is 0 Å². The minimum atomic E-state index is -0.192. The molecule has 1 aliphatic carbocycles. The zero-order valence-corrected chi connectivity index (χ0v) is 18.7. The number of carbonyl (C=O) groups is 2. The van der Waals surface area contributed by atoms with Crippen molar-refractivity contribution in [2.75, 3.05) is 5.32 Å². The van der Waals surface area contributed by atoms with Gasteiger partial charge in [-0.1, -0.05) is 28.1 Å². The van der Waals surface area contributed by atoms with Gasteiger partial charge in [0.1, 0.15) is 0 Å². The predicted octanol–water partition coefficient (Wildman–Crippen LogP) is 3.78. The largest absolute Gasteiger partial charge is 0.350 e. The van der Waals surface area contributed by atoms with Gasteiger partial charge in [-0.25, -0.2) is 4.98 Å². The molecule has 1 saturated carbocycles. The third-order valence-corrected chi connectivity index (χ3v) is 5.86. The second-order valence-electron chi connectivity index (χ2n) is 7.83. The molecule has 3 aromatic rings. The summed E-state index contributed by atoms with van der Waals surface area (Å²) in [6.07, 6.45) is 3.57. The van der Waals surface area contributed by atoms with Gasteiger partial charge in [0.2, 0.25) is 11.8 Å². The third-order valence-electron chi connectivity index (χ3n) is 5.37. The quantitative estimate of drug-likeness (QED) is 0.535. The van der Waals surface area contributed by atoms with E-state index in [1.54, 1.807) is 12.1 Å². The molecule has 1 aromatic heterocycles. The Morgan fingerprint density at radius 2 is 1.94 bits per heavy atom. The summed E-state index contributed by atoms with van der Waals surface area (Å²) in [5.74, 6) is 0.0736. The Hall–Kier alpha value is -3.00. The SMILES string of the molecule is CC(NC(=O)CCn1cnc2ccc(Br)cc2c1=O)c1ccc(NC(=O)C2CC2)cc1. The standard InChI is InChI=1S/C23H23BrN4O3/c1-14(15-4-7-18(8-5-15)27-22(30)16-2-3-16)26-21(29)10-11-28-13-25-20-9-6-17(24)12-19(20)23(28)31/h4-9,12-14,16H,2-3,10-11H2,1H3,(H,26,29)(H,27,30). The Balaban J connectivity index is 1.33. The highest BCUT2D eigenvalue weighted by molar-refractivity contribution is 9.10. The van der Waals surface area contributed by atoms with E-state index in [2.05, 4.69) is 31.5 Å². The van der Waals surface area contributed by atoms with Crippen LogP contribution in [0.25, 0.3) is 10.9 Å². The van der Waals surface area contributed by atoms with Crippen LogP contribution in [0.1, 0.15) is 37.8 Å². The molecular weight excluding hydrogens is 460 g/mol. The monoisotopic (exact) mass is 482 g/mol. The number of nitrogens with zero attached hydrogens (tertiary/aromatic N) is 2. The molecule has 1 unspecified atom stereocenters. The van der Waals surface area contributed by atoms with Gasteiger partial charge in [0.25, 0.3) is 5.56 Å². The van der Waals surface area contributed by atoms with Crippen molar-refractivity contribution in [3.05, 3.63) is 69.2 Å². The zero-order chi connectivity index (χ0) is 22.0. The maximum atomic E-state index is 12.6. The lowest BCUT2D eigenvalue weighted by atomic mass is 10.1. The number of aromatic nitrogens is 2. The fraction of sp³-hybridized carbons (Fsp3) is 0.304. The van der Waals surface area contributed by atoms with Crippen LogP contribution in [0.15, 0.2) is 58.1 Å². The predicted molar refractivity (Wildman–Crippen MR) is 123 cm³/mol. The van der Waals surface area contributed by atoms with Gasteiger partial charge in [-0.15, -0.1) is 0 Å². The molecule has 8 heteroatoms. The Morgan fingerprint density at radius 1 is 1.19 bits per heavy atom. The highest BCUT2D eigenvalue weighted by Gasteiger charge is 2.29. The molecule has 1 aliphatic rings. The summed E-state index contributed by atoms with van der Waals surface area (Å²) in [6.45, 7) is 2.15. The molecule has 0 radical (unpaired) electrons. The van der Waals surface area contributed by atoms with Gasteiger partial charge in [-0.05, 0) is 55.7 Å². The van der Waals surface area contributed by atoms with Gasteiger partial charge in [0.15, 0.2) is 0 Å². The van der Waals surface area contributed by atoms with Gasteiger partial charge in [-0.2, -0.15) is 0 Å². The fourth-order valence-electron chi connectivity index (χ4n) is 3.35. The highest BCUT2D eigenvalue weighted by Crippen LogP contribution is 2.30. The van der Waals surface area contributed by atoms with Gasteiger partial charge in [-0.3, -0.25) is 19.0 Å². The van der Waals surface area contributed by atoms with Crippen molar-refractivity contribution >= 4 is 44.3 Å². The zero-order valence-electron chi connectivity index (χ0n) is 17.1. The van der Waals surface area contributed by atoms with Crippen LogP contribution < -0.4 is 16.2 Å². The number of anilines is 1. The molecule has 0 spiro atoms. The Kier molecular flexibility index (Phi) is 6.18. The molecule has 160 valence electrons. The summed E-state index contributed by atoms with van der Waals surface area (Å²) in [7, 11) is 0. The van der Waals surface area contributed by atoms with E-state index in [1.165, 1.54) is 10.9 Å². The number of amides is 2. The van der Waals surface area contributed by atoms with Crippen molar-refractivity contribution in [2.45, 2.75) is 38.8 Å². The fourth-order valence-corrected chi connectivity index (χ4v) is 3.72. The lowest BCUT2D eigenvalue weighted by molar-refractivity contribution is -0.122. The van der Waals surface area contributed by atoms with Crippen LogP contribution in [-0.4, -0.2) is 21.4 Å². The van der Waals surface area contributed by atoms with E-state index >= 15 is 0 Å².